The topological polar surface area (TPSA) is 96.6 Å². The molecule has 162 valence electrons. The molecule has 1 aromatic heterocycles. The predicted octanol–water partition coefficient (Wildman–Crippen LogP) is 5.03. The highest BCUT2D eigenvalue weighted by molar-refractivity contribution is 7.80. The van der Waals surface area contributed by atoms with Crippen LogP contribution in [0.5, 0.6) is 11.5 Å². The van der Waals surface area contributed by atoms with E-state index in [0.717, 1.165) is 5.56 Å². The average Bonchev–Trinajstić information content (AvgIpc) is 3.18. The second-order valence-electron chi connectivity index (χ2n) is 7.09. The molecule has 1 heterocycles. The summed E-state index contributed by atoms with van der Waals surface area (Å²) < 4.78 is 11.2. The highest BCUT2D eigenvalue weighted by atomic mass is 32.1. The molecule has 0 saturated carbocycles. The van der Waals surface area contributed by atoms with E-state index in [0.29, 0.717) is 40.3 Å². The first-order valence-corrected chi connectivity index (χ1v) is 10.4. The molecule has 0 aliphatic heterocycles. The number of aryl methyl sites for hydroxylation is 1. The lowest BCUT2D eigenvalue weighted by Crippen LogP contribution is -2.34. The Balaban J connectivity index is 1.48. The van der Waals surface area contributed by atoms with Crippen LogP contribution < -0.4 is 15.4 Å². The number of ether oxygens (including phenoxy) is 1. The first kappa shape index (κ1) is 21.3. The minimum absolute atomic E-state index is 0.0168. The summed E-state index contributed by atoms with van der Waals surface area (Å²) in [6, 6.07) is 17.3. The molecule has 0 aliphatic carbocycles. The Kier molecular flexibility index (Phi) is 6.04. The number of benzene rings is 3. The lowest BCUT2D eigenvalue weighted by Gasteiger charge is -2.11. The molecule has 32 heavy (non-hydrogen) atoms. The minimum atomic E-state index is -0.348. The Labute approximate surface area is 190 Å². The van der Waals surface area contributed by atoms with Crippen LogP contribution in [0.4, 0.5) is 5.69 Å². The number of anilines is 1. The minimum Gasteiger partial charge on any atom is -0.507 e. The van der Waals surface area contributed by atoms with Gasteiger partial charge in [-0.1, -0.05) is 6.07 Å². The Morgan fingerprint density at radius 2 is 1.91 bits per heavy atom. The van der Waals surface area contributed by atoms with Crippen LogP contribution in [0.15, 0.2) is 65.1 Å². The first-order chi connectivity index (χ1) is 15.4. The Hall–Kier alpha value is -3.91. The largest absolute Gasteiger partial charge is 0.507 e. The number of hydrogen-bond acceptors (Lipinski definition) is 6. The van der Waals surface area contributed by atoms with E-state index in [2.05, 4.69) is 15.6 Å². The van der Waals surface area contributed by atoms with Crippen molar-refractivity contribution in [3.05, 3.63) is 71.8 Å². The quantitative estimate of drug-likeness (QED) is 0.291. The molecule has 0 atom stereocenters. The van der Waals surface area contributed by atoms with Gasteiger partial charge in [-0.2, -0.15) is 0 Å². The monoisotopic (exact) mass is 447 g/mol. The number of oxazole rings is 1. The highest BCUT2D eigenvalue weighted by Gasteiger charge is 2.14. The van der Waals surface area contributed by atoms with Gasteiger partial charge in [-0.3, -0.25) is 10.1 Å². The van der Waals surface area contributed by atoms with Crippen molar-refractivity contribution in [3.63, 3.8) is 0 Å². The van der Waals surface area contributed by atoms with Crippen molar-refractivity contribution >= 4 is 40.0 Å². The number of carbonyl (C=O) groups excluding carboxylic acids is 1. The number of carbonyl (C=O) groups is 1. The maximum atomic E-state index is 12.4. The van der Waals surface area contributed by atoms with Crippen LogP contribution >= 0.6 is 12.2 Å². The third kappa shape index (κ3) is 4.70. The molecule has 0 spiro atoms. The molecule has 1 amide bonds. The molecule has 0 aliphatic rings. The number of aromatic hydroxyl groups is 1. The smallest absolute Gasteiger partial charge is 0.257 e. The summed E-state index contributed by atoms with van der Waals surface area (Å²) in [4.78, 5) is 16.9. The van der Waals surface area contributed by atoms with Crippen LogP contribution in [-0.4, -0.2) is 27.7 Å². The number of phenols is 1. The van der Waals surface area contributed by atoms with Gasteiger partial charge in [0, 0.05) is 11.3 Å². The summed E-state index contributed by atoms with van der Waals surface area (Å²) in [7, 11) is 0. The van der Waals surface area contributed by atoms with E-state index in [1.807, 2.05) is 32.0 Å². The molecule has 8 heteroatoms. The van der Waals surface area contributed by atoms with E-state index in [1.54, 1.807) is 36.4 Å². The van der Waals surface area contributed by atoms with Gasteiger partial charge < -0.3 is 19.6 Å². The molecule has 3 N–H and O–H groups in total. The van der Waals surface area contributed by atoms with E-state index >= 15 is 0 Å². The standard InChI is InChI=1S/C24H21N3O4S/c1-3-30-17-8-5-15(6-9-17)22(29)27-24(32)25-16-7-11-20(28)18(13-16)23-26-19-10-4-14(2)12-21(19)31-23/h4-13,28H,3H2,1-2H3,(H2,25,27,29,32). The zero-order valence-electron chi connectivity index (χ0n) is 17.5. The van der Waals surface area contributed by atoms with E-state index in [9.17, 15) is 9.90 Å². The molecule has 0 bridgehead atoms. The third-order valence-electron chi connectivity index (χ3n) is 4.68. The summed E-state index contributed by atoms with van der Waals surface area (Å²) in [6.07, 6.45) is 0. The second kappa shape index (κ2) is 9.07. The fourth-order valence-electron chi connectivity index (χ4n) is 3.14. The van der Waals surface area contributed by atoms with Gasteiger partial charge in [0.25, 0.3) is 5.91 Å². The van der Waals surface area contributed by atoms with Gasteiger partial charge in [0.1, 0.15) is 17.0 Å². The maximum absolute atomic E-state index is 12.4. The molecular weight excluding hydrogens is 426 g/mol. The van der Waals surface area contributed by atoms with E-state index < -0.39 is 0 Å². The number of rotatable bonds is 5. The van der Waals surface area contributed by atoms with E-state index in [4.69, 9.17) is 21.4 Å². The number of nitrogens with zero attached hydrogens (tertiary/aromatic N) is 1. The zero-order valence-corrected chi connectivity index (χ0v) is 18.3. The van der Waals surface area contributed by atoms with Gasteiger partial charge in [0.15, 0.2) is 10.7 Å². The van der Waals surface area contributed by atoms with Crippen LogP contribution in [0, 0.1) is 6.92 Å². The second-order valence-corrected chi connectivity index (χ2v) is 7.50. The van der Waals surface area contributed by atoms with Crippen LogP contribution in [-0.2, 0) is 0 Å². The number of nitrogens with one attached hydrogen (secondary N) is 2. The van der Waals surface area contributed by atoms with Gasteiger partial charge in [-0.05, 0) is 86.2 Å². The molecule has 0 fully saturated rings. The molecule has 0 unspecified atom stereocenters. The normalized spacial score (nSPS) is 10.7. The summed E-state index contributed by atoms with van der Waals surface area (Å²) in [5.74, 6) is 0.647. The summed E-state index contributed by atoms with van der Waals surface area (Å²) in [5, 5.41) is 16.0. The maximum Gasteiger partial charge on any atom is 0.257 e. The Bertz CT molecular complexity index is 1300. The van der Waals surface area contributed by atoms with Gasteiger partial charge in [0.2, 0.25) is 5.89 Å². The summed E-state index contributed by atoms with van der Waals surface area (Å²) >= 11 is 5.27. The van der Waals surface area contributed by atoms with Gasteiger partial charge in [-0.15, -0.1) is 0 Å². The number of amides is 1. The average molecular weight is 448 g/mol. The lowest BCUT2D eigenvalue weighted by atomic mass is 10.1. The fourth-order valence-corrected chi connectivity index (χ4v) is 3.35. The van der Waals surface area contributed by atoms with Crippen molar-refractivity contribution in [2.75, 3.05) is 11.9 Å². The molecule has 7 nitrogen and oxygen atoms in total. The summed E-state index contributed by atoms with van der Waals surface area (Å²) in [6.45, 7) is 4.41. The zero-order chi connectivity index (χ0) is 22.7. The molecule has 4 rings (SSSR count). The van der Waals surface area contributed by atoms with Crippen molar-refractivity contribution in [3.8, 4) is 23.0 Å². The molecule has 0 saturated heterocycles. The van der Waals surface area contributed by atoms with Crippen LogP contribution in [0.1, 0.15) is 22.8 Å². The van der Waals surface area contributed by atoms with Crippen molar-refractivity contribution in [1.29, 1.82) is 0 Å². The first-order valence-electron chi connectivity index (χ1n) is 9.98. The number of phenolic OH excluding ortho intramolecular Hbond substituents is 1. The van der Waals surface area contributed by atoms with E-state index in [1.165, 1.54) is 6.07 Å². The molecular formula is C24H21N3O4S. The fraction of sp³-hybridized carbons (Fsp3) is 0.125. The number of fused-ring (bicyclic) bond motifs is 1. The Morgan fingerprint density at radius 3 is 2.66 bits per heavy atom. The van der Waals surface area contributed by atoms with Gasteiger partial charge in [-0.25, -0.2) is 4.98 Å². The van der Waals surface area contributed by atoms with Crippen LogP contribution in [0.3, 0.4) is 0 Å². The highest BCUT2D eigenvalue weighted by Crippen LogP contribution is 2.33. The summed E-state index contributed by atoms with van der Waals surface area (Å²) in [5.41, 5.74) is 3.80. The molecule has 4 aromatic rings. The van der Waals surface area contributed by atoms with E-state index in [-0.39, 0.29) is 22.7 Å². The van der Waals surface area contributed by atoms with Crippen LogP contribution in [0.25, 0.3) is 22.6 Å². The van der Waals surface area contributed by atoms with Crippen molar-refractivity contribution in [2.24, 2.45) is 0 Å². The van der Waals surface area contributed by atoms with Crippen LogP contribution in [0.2, 0.25) is 0 Å². The molecule has 3 aromatic carbocycles. The number of aromatic nitrogens is 1. The van der Waals surface area contributed by atoms with Crippen molar-refractivity contribution < 1.29 is 19.1 Å². The number of thiocarbonyl (C=S) groups is 1. The van der Waals surface area contributed by atoms with Crippen molar-refractivity contribution in [1.82, 2.24) is 10.3 Å². The predicted molar refractivity (Wildman–Crippen MR) is 127 cm³/mol. The molecule has 0 radical (unpaired) electrons. The van der Waals surface area contributed by atoms with Gasteiger partial charge in [0.05, 0.1) is 12.2 Å². The number of hydrogen-bond donors (Lipinski definition) is 3. The van der Waals surface area contributed by atoms with Gasteiger partial charge >= 0.3 is 0 Å². The third-order valence-corrected chi connectivity index (χ3v) is 4.89. The SMILES string of the molecule is CCOc1ccc(C(=O)NC(=S)Nc2ccc(O)c(-c3nc4ccc(C)cc4o3)c2)cc1. The Morgan fingerprint density at radius 1 is 1.12 bits per heavy atom. The van der Waals surface area contributed by atoms with Crippen molar-refractivity contribution in [2.45, 2.75) is 13.8 Å². The lowest BCUT2D eigenvalue weighted by molar-refractivity contribution is 0.0977.